The smallest absolute Gasteiger partial charge is 0.0246 e. The van der Waals surface area contributed by atoms with Crippen molar-refractivity contribution in [2.24, 2.45) is 0 Å². The van der Waals surface area contributed by atoms with Gasteiger partial charge in [0.15, 0.2) is 0 Å². The Morgan fingerprint density at radius 2 is 2.00 bits per heavy atom. The molecule has 0 aliphatic carbocycles. The summed E-state index contributed by atoms with van der Waals surface area (Å²) in [5.74, 6) is 0. The number of piperidine rings is 1. The van der Waals surface area contributed by atoms with Crippen LogP contribution >= 0.6 is 0 Å². The lowest BCUT2D eigenvalue weighted by molar-refractivity contribution is 0.137. The molecule has 0 saturated carbocycles. The van der Waals surface area contributed by atoms with Crippen molar-refractivity contribution >= 4 is 0 Å². The number of rotatable bonds is 0. The summed E-state index contributed by atoms with van der Waals surface area (Å²) in [6.07, 6.45) is 5.60. The van der Waals surface area contributed by atoms with E-state index >= 15 is 0 Å². The van der Waals surface area contributed by atoms with E-state index in [-0.39, 0.29) is 0 Å². The highest BCUT2D eigenvalue weighted by atomic mass is 15.2. The summed E-state index contributed by atoms with van der Waals surface area (Å²) in [5, 5.41) is 3.60. The topological polar surface area (TPSA) is 15.3 Å². The van der Waals surface area contributed by atoms with Crippen molar-refractivity contribution in [1.82, 2.24) is 10.2 Å². The van der Waals surface area contributed by atoms with Gasteiger partial charge in [0.05, 0.1) is 0 Å². The molecule has 2 fully saturated rings. The van der Waals surface area contributed by atoms with Crippen LogP contribution in [-0.2, 0) is 0 Å². The van der Waals surface area contributed by atoms with Gasteiger partial charge in [0, 0.05) is 12.1 Å². The van der Waals surface area contributed by atoms with Gasteiger partial charge in [-0.15, -0.1) is 0 Å². The van der Waals surface area contributed by atoms with Crippen LogP contribution in [0.1, 0.15) is 32.6 Å². The van der Waals surface area contributed by atoms with Gasteiger partial charge in [0.1, 0.15) is 0 Å². The zero-order valence-electron chi connectivity index (χ0n) is 8.05. The predicted octanol–water partition coefficient (Wildman–Crippen LogP) is 1.22. The Labute approximate surface area is 75.3 Å². The molecule has 0 aromatic heterocycles. The summed E-state index contributed by atoms with van der Waals surface area (Å²) in [6.45, 7) is 6.22. The van der Waals surface area contributed by atoms with Crippen LogP contribution in [0.5, 0.6) is 0 Å². The van der Waals surface area contributed by atoms with Crippen LogP contribution < -0.4 is 5.32 Å². The molecule has 2 saturated heterocycles. The molecular weight excluding hydrogens is 148 g/mol. The van der Waals surface area contributed by atoms with Crippen LogP contribution in [0.25, 0.3) is 0 Å². The Kier molecular flexibility index (Phi) is 2.66. The molecule has 2 aliphatic heterocycles. The third-order valence-corrected chi connectivity index (χ3v) is 3.33. The molecule has 2 nitrogen and oxygen atoms in total. The van der Waals surface area contributed by atoms with Crippen molar-refractivity contribution < 1.29 is 0 Å². The summed E-state index contributed by atoms with van der Waals surface area (Å²) in [7, 11) is 0. The monoisotopic (exact) mass is 168 g/mol. The average Bonchev–Trinajstić information content (AvgIpc) is 2.29. The summed E-state index contributed by atoms with van der Waals surface area (Å²) < 4.78 is 0. The zero-order valence-corrected chi connectivity index (χ0v) is 8.05. The van der Waals surface area contributed by atoms with Crippen LogP contribution in [0.4, 0.5) is 0 Å². The van der Waals surface area contributed by atoms with Crippen molar-refractivity contribution in [3.05, 3.63) is 0 Å². The Hall–Kier alpha value is -0.0800. The summed E-state index contributed by atoms with van der Waals surface area (Å²) in [6, 6.07) is 1.55. The van der Waals surface area contributed by atoms with Crippen molar-refractivity contribution in [2.45, 2.75) is 44.7 Å². The Morgan fingerprint density at radius 3 is 2.92 bits per heavy atom. The van der Waals surface area contributed by atoms with Gasteiger partial charge in [-0.25, -0.2) is 0 Å². The highest BCUT2D eigenvalue weighted by Crippen LogP contribution is 2.21. The molecule has 0 bridgehead atoms. The molecule has 0 aromatic rings. The summed E-state index contributed by atoms with van der Waals surface area (Å²) in [5.41, 5.74) is 0. The second kappa shape index (κ2) is 3.75. The van der Waals surface area contributed by atoms with E-state index in [1.54, 1.807) is 0 Å². The minimum Gasteiger partial charge on any atom is -0.313 e. The van der Waals surface area contributed by atoms with Crippen molar-refractivity contribution in [1.29, 1.82) is 0 Å². The Balaban J connectivity index is 2.01. The normalized spacial score (nSPS) is 38.8. The molecule has 1 N–H and O–H groups in total. The molecule has 0 amide bonds. The largest absolute Gasteiger partial charge is 0.313 e. The van der Waals surface area contributed by atoms with Crippen molar-refractivity contribution in [2.75, 3.05) is 19.6 Å². The fraction of sp³-hybridized carbons (Fsp3) is 1.00. The van der Waals surface area contributed by atoms with Gasteiger partial charge in [0.2, 0.25) is 0 Å². The van der Waals surface area contributed by atoms with Crippen LogP contribution in [0.15, 0.2) is 0 Å². The van der Waals surface area contributed by atoms with E-state index in [1.165, 1.54) is 45.3 Å². The van der Waals surface area contributed by atoms with Gasteiger partial charge in [0.25, 0.3) is 0 Å². The SMILES string of the molecule is CC1NCCCN2CCCCC12. The number of hydrogen-bond acceptors (Lipinski definition) is 2. The Morgan fingerprint density at radius 1 is 1.17 bits per heavy atom. The van der Waals surface area contributed by atoms with Crippen LogP contribution in [0.3, 0.4) is 0 Å². The van der Waals surface area contributed by atoms with E-state index in [0.717, 1.165) is 6.04 Å². The average molecular weight is 168 g/mol. The van der Waals surface area contributed by atoms with Gasteiger partial charge in [-0.2, -0.15) is 0 Å². The van der Waals surface area contributed by atoms with E-state index in [4.69, 9.17) is 0 Å². The molecule has 12 heavy (non-hydrogen) atoms. The van der Waals surface area contributed by atoms with Gasteiger partial charge >= 0.3 is 0 Å². The second-order valence-corrected chi connectivity index (χ2v) is 4.20. The van der Waals surface area contributed by atoms with E-state index in [1.807, 2.05) is 0 Å². The fourth-order valence-corrected chi connectivity index (χ4v) is 2.61. The van der Waals surface area contributed by atoms with Crippen LogP contribution in [0.2, 0.25) is 0 Å². The molecular formula is C10H20N2. The quantitative estimate of drug-likeness (QED) is 0.585. The Bertz CT molecular complexity index is 147. The summed E-state index contributed by atoms with van der Waals surface area (Å²) in [4.78, 5) is 2.69. The van der Waals surface area contributed by atoms with Crippen molar-refractivity contribution in [3.8, 4) is 0 Å². The third kappa shape index (κ3) is 1.64. The molecule has 2 atom stereocenters. The third-order valence-electron chi connectivity index (χ3n) is 3.33. The lowest BCUT2D eigenvalue weighted by atomic mass is 9.97. The molecule has 2 heteroatoms. The highest BCUT2D eigenvalue weighted by Gasteiger charge is 2.28. The standard InChI is InChI=1S/C10H20N2/c1-9-10-5-2-3-7-12(10)8-4-6-11-9/h9-11H,2-8H2,1H3. The van der Waals surface area contributed by atoms with E-state index < -0.39 is 0 Å². The van der Waals surface area contributed by atoms with E-state index in [2.05, 4.69) is 17.1 Å². The van der Waals surface area contributed by atoms with Gasteiger partial charge in [-0.1, -0.05) is 6.42 Å². The maximum atomic E-state index is 3.60. The first-order valence-electron chi connectivity index (χ1n) is 5.35. The number of nitrogens with one attached hydrogen (secondary N) is 1. The fourth-order valence-electron chi connectivity index (χ4n) is 2.61. The molecule has 2 rings (SSSR count). The molecule has 2 aliphatic rings. The van der Waals surface area contributed by atoms with E-state index in [9.17, 15) is 0 Å². The van der Waals surface area contributed by atoms with Crippen molar-refractivity contribution in [3.63, 3.8) is 0 Å². The second-order valence-electron chi connectivity index (χ2n) is 4.20. The molecule has 0 radical (unpaired) electrons. The van der Waals surface area contributed by atoms with E-state index in [0.29, 0.717) is 6.04 Å². The van der Waals surface area contributed by atoms with Crippen LogP contribution in [0, 0.1) is 0 Å². The lowest BCUT2D eigenvalue weighted by Gasteiger charge is -2.37. The maximum Gasteiger partial charge on any atom is 0.0246 e. The number of hydrogen-bond donors (Lipinski definition) is 1. The predicted molar refractivity (Wildman–Crippen MR) is 51.3 cm³/mol. The van der Waals surface area contributed by atoms with Gasteiger partial charge in [-0.05, 0) is 45.8 Å². The zero-order chi connectivity index (χ0) is 8.39. The first-order chi connectivity index (χ1) is 5.88. The molecule has 2 heterocycles. The maximum absolute atomic E-state index is 3.60. The molecule has 0 aromatic carbocycles. The first-order valence-corrected chi connectivity index (χ1v) is 5.35. The lowest BCUT2D eigenvalue weighted by Crippen LogP contribution is -2.48. The van der Waals surface area contributed by atoms with Crippen LogP contribution in [-0.4, -0.2) is 36.6 Å². The number of fused-ring (bicyclic) bond motifs is 1. The minimum atomic E-state index is 0.716. The molecule has 70 valence electrons. The molecule has 2 unspecified atom stereocenters. The highest BCUT2D eigenvalue weighted by molar-refractivity contribution is 4.87. The minimum absolute atomic E-state index is 0.716. The molecule has 0 spiro atoms. The first kappa shape index (κ1) is 8.52. The number of nitrogens with zero attached hydrogens (tertiary/aromatic N) is 1. The van der Waals surface area contributed by atoms with Gasteiger partial charge in [-0.3, -0.25) is 4.90 Å². The van der Waals surface area contributed by atoms with Gasteiger partial charge < -0.3 is 5.32 Å². The summed E-state index contributed by atoms with van der Waals surface area (Å²) >= 11 is 0.